The van der Waals surface area contributed by atoms with Crippen LogP contribution in [0.3, 0.4) is 0 Å². The zero-order valence-corrected chi connectivity index (χ0v) is 15.8. The Kier molecular flexibility index (Phi) is 6.11. The molecule has 0 radical (unpaired) electrons. The molecule has 2 aromatic rings. The molecule has 1 aromatic heterocycles. The van der Waals surface area contributed by atoms with E-state index in [1.54, 1.807) is 19.1 Å². The molecule has 1 N–H and O–H groups in total. The van der Waals surface area contributed by atoms with Crippen LogP contribution in [0, 0.1) is 5.82 Å². The summed E-state index contributed by atoms with van der Waals surface area (Å²) in [6, 6.07) is 6.02. The quantitative estimate of drug-likeness (QED) is 0.693. The second-order valence-electron chi connectivity index (χ2n) is 5.50. The van der Waals surface area contributed by atoms with Gasteiger partial charge in [0.05, 0.1) is 16.6 Å². The molecule has 3 amide bonds. The average molecular weight is 410 g/mol. The summed E-state index contributed by atoms with van der Waals surface area (Å²) in [6.45, 7) is 1.94. The molecule has 0 bridgehead atoms. The normalized spacial score (nSPS) is 15.3. The topological polar surface area (TPSA) is 105 Å². The number of thioether (sulfide) groups is 2. The summed E-state index contributed by atoms with van der Waals surface area (Å²) in [5, 5.41) is 9.55. The largest absolute Gasteiger partial charge is 0.411 e. The van der Waals surface area contributed by atoms with Crippen LogP contribution in [0.25, 0.3) is 11.5 Å². The molecular weight excluding hydrogens is 395 g/mol. The number of hydrogen-bond acceptors (Lipinski definition) is 8. The van der Waals surface area contributed by atoms with Crippen LogP contribution < -0.4 is 5.32 Å². The predicted molar refractivity (Wildman–Crippen MR) is 97.6 cm³/mol. The van der Waals surface area contributed by atoms with Gasteiger partial charge in [-0.05, 0) is 19.1 Å². The Labute approximate surface area is 162 Å². The van der Waals surface area contributed by atoms with Gasteiger partial charge in [0.1, 0.15) is 5.82 Å². The van der Waals surface area contributed by atoms with Gasteiger partial charge in [-0.25, -0.2) is 4.39 Å². The zero-order valence-electron chi connectivity index (χ0n) is 14.2. The van der Waals surface area contributed by atoms with E-state index >= 15 is 0 Å². The van der Waals surface area contributed by atoms with Gasteiger partial charge >= 0.3 is 0 Å². The smallest absolute Gasteiger partial charge is 0.288 e. The molecule has 0 aliphatic carbocycles. The van der Waals surface area contributed by atoms with Crippen molar-refractivity contribution in [3.8, 4) is 11.5 Å². The molecule has 27 heavy (non-hydrogen) atoms. The van der Waals surface area contributed by atoms with Crippen LogP contribution in [0.15, 0.2) is 33.9 Å². The molecule has 0 unspecified atom stereocenters. The van der Waals surface area contributed by atoms with Gasteiger partial charge in [-0.2, -0.15) is 0 Å². The van der Waals surface area contributed by atoms with E-state index in [1.165, 1.54) is 12.1 Å². The molecule has 11 heteroatoms. The molecule has 1 saturated heterocycles. The average Bonchev–Trinajstić information content (AvgIpc) is 3.23. The molecule has 0 saturated carbocycles. The Balaban J connectivity index is 1.51. The molecule has 1 atom stereocenters. The number of aromatic nitrogens is 2. The van der Waals surface area contributed by atoms with Gasteiger partial charge in [-0.15, -0.1) is 10.2 Å². The van der Waals surface area contributed by atoms with Crippen LogP contribution in [-0.4, -0.2) is 56.2 Å². The van der Waals surface area contributed by atoms with Crippen molar-refractivity contribution in [2.75, 3.05) is 18.8 Å². The fourth-order valence-electron chi connectivity index (χ4n) is 2.24. The highest BCUT2D eigenvalue weighted by atomic mass is 32.2. The second-order valence-corrected chi connectivity index (χ2v) is 7.72. The molecule has 1 aromatic carbocycles. The highest BCUT2D eigenvalue weighted by Crippen LogP contribution is 2.27. The third-order valence-corrected chi connectivity index (χ3v) is 5.43. The maximum Gasteiger partial charge on any atom is 0.288 e. The standard InChI is InChI=1S/C16H15FN4O4S2/c1-9(13(23)18-6-7-21-12(22)8-26-16(21)24)27-15-20-19-14(25-15)10-4-2-3-5-11(10)17/h2-5,9H,6-8H2,1H3,(H,18,23)/t9-/m0/s1. The number of hydrogen-bond donors (Lipinski definition) is 1. The molecule has 2 heterocycles. The first-order chi connectivity index (χ1) is 13.0. The van der Waals surface area contributed by atoms with Crippen molar-refractivity contribution in [2.24, 2.45) is 0 Å². The summed E-state index contributed by atoms with van der Waals surface area (Å²) in [5.41, 5.74) is 0.187. The van der Waals surface area contributed by atoms with Crippen molar-refractivity contribution in [1.82, 2.24) is 20.4 Å². The lowest BCUT2D eigenvalue weighted by Gasteiger charge is -2.14. The van der Waals surface area contributed by atoms with Crippen LogP contribution >= 0.6 is 23.5 Å². The number of benzene rings is 1. The van der Waals surface area contributed by atoms with Gasteiger partial charge in [0.15, 0.2) is 0 Å². The number of nitrogens with one attached hydrogen (secondary N) is 1. The number of carbonyl (C=O) groups is 3. The fourth-order valence-corrected chi connectivity index (χ4v) is 3.70. The number of imide groups is 1. The molecule has 8 nitrogen and oxygen atoms in total. The first kappa shape index (κ1) is 19.4. The Morgan fingerprint density at radius 2 is 2.19 bits per heavy atom. The maximum atomic E-state index is 13.7. The first-order valence-corrected chi connectivity index (χ1v) is 9.82. The summed E-state index contributed by atoms with van der Waals surface area (Å²) in [6.07, 6.45) is 0. The van der Waals surface area contributed by atoms with Crippen LogP contribution in [0.4, 0.5) is 9.18 Å². The SMILES string of the molecule is C[C@H](Sc1nnc(-c2ccccc2F)o1)C(=O)NCCN1C(=O)CSC1=O. The number of amides is 3. The molecule has 0 spiro atoms. The van der Waals surface area contributed by atoms with Gasteiger partial charge < -0.3 is 9.73 Å². The zero-order chi connectivity index (χ0) is 19.4. The van der Waals surface area contributed by atoms with Gasteiger partial charge in [-0.3, -0.25) is 19.3 Å². The number of rotatable bonds is 7. The van der Waals surface area contributed by atoms with Crippen LogP contribution in [0.5, 0.6) is 0 Å². The molecule has 3 rings (SSSR count). The maximum absolute atomic E-state index is 13.7. The van der Waals surface area contributed by atoms with Gasteiger partial charge in [0.25, 0.3) is 16.4 Å². The van der Waals surface area contributed by atoms with E-state index in [9.17, 15) is 18.8 Å². The minimum atomic E-state index is -0.557. The molecule has 1 fully saturated rings. The van der Waals surface area contributed by atoms with Crippen molar-refractivity contribution in [3.05, 3.63) is 30.1 Å². The van der Waals surface area contributed by atoms with Crippen molar-refractivity contribution in [1.29, 1.82) is 0 Å². The van der Waals surface area contributed by atoms with Crippen molar-refractivity contribution in [2.45, 2.75) is 17.4 Å². The molecule has 1 aliphatic heterocycles. The van der Waals surface area contributed by atoms with Crippen LogP contribution in [0.1, 0.15) is 6.92 Å². The highest BCUT2D eigenvalue weighted by Gasteiger charge is 2.29. The minimum absolute atomic E-state index is 0.0340. The molecular formula is C16H15FN4O4S2. The van der Waals surface area contributed by atoms with Gasteiger partial charge in [0, 0.05) is 13.1 Å². The number of halogens is 1. The summed E-state index contributed by atoms with van der Waals surface area (Å²) in [4.78, 5) is 36.2. The third kappa shape index (κ3) is 4.66. The molecule has 142 valence electrons. The Morgan fingerprint density at radius 1 is 1.41 bits per heavy atom. The summed E-state index contributed by atoms with van der Waals surface area (Å²) in [7, 11) is 0. The number of nitrogens with zero attached hydrogens (tertiary/aromatic N) is 3. The first-order valence-electron chi connectivity index (χ1n) is 7.95. The Morgan fingerprint density at radius 3 is 2.89 bits per heavy atom. The van der Waals surface area contributed by atoms with E-state index in [4.69, 9.17) is 4.42 Å². The lowest BCUT2D eigenvalue weighted by atomic mass is 10.2. The van der Waals surface area contributed by atoms with E-state index in [-0.39, 0.29) is 52.6 Å². The van der Waals surface area contributed by atoms with Gasteiger partial charge in [0.2, 0.25) is 11.8 Å². The van der Waals surface area contributed by atoms with Crippen LogP contribution in [-0.2, 0) is 9.59 Å². The second kappa shape index (κ2) is 8.53. The van der Waals surface area contributed by atoms with Crippen molar-refractivity contribution >= 4 is 40.6 Å². The van der Waals surface area contributed by atoms with E-state index < -0.39 is 11.1 Å². The Bertz CT molecular complexity index is 860. The third-order valence-electron chi connectivity index (χ3n) is 3.63. The van der Waals surface area contributed by atoms with E-state index in [2.05, 4.69) is 15.5 Å². The summed E-state index contributed by atoms with van der Waals surface area (Å²) < 4.78 is 19.2. The molecule has 1 aliphatic rings. The lowest BCUT2D eigenvalue weighted by Crippen LogP contribution is -2.39. The Hall–Kier alpha value is -2.40. The number of carbonyl (C=O) groups excluding carboxylic acids is 3. The summed E-state index contributed by atoms with van der Waals surface area (Å²) in [5.74, 6) is -0.870. The van der Waals surface area contributed by atoms with E-state index in [0.29, 0.717) is 0 Å². The van der Waals surface area contributed by atoms with Crippen LogP contribution in [0.2, 0.25) is 0 Å². The van der Waals surface area contributed by atoms with E-state index in [0.717, 1.165) is 28.4 Å². The van der Waals surface area contributed by atoms with E-state index in [1.807, 2.05) is 0 Å². The van der Waals surface area contributed by atoms with Gasteiger partial charge in [-0.1, -0.05) is 35.7 Å². The monoisotopic (exact) mass is 410 g/mol. The highest BCUT2D eigenvalue weighted by molar-refractivity contribution is 8.14. The fraction of sp³-hybridized carbons (Fsp3) is 0.312. The van der Waals surface area contributed by atoms with Crippen molar-refractivity contribution < 1.29 is 23.2 Å². The lowest BCUT2D eigenvalue weighted by molar-refractivity contribution is -0.125. The predicted octanol–water partition coefficient (Wildman–Crippen LogP) is 2.17. The van der Waals surface area contributed by atoms with Crippen molar-refractivity contribution in [3.63, 3.8) is 0 Å². The minimum Gasteiger partial charge on any atom is -0.411 e. The summed E-state index contributed by atoms with van der Waals surface area (Å²) >= 11 is 1.98.